The molecule has 3 aromatic rings. The second-order valence-corrected chi connectivity index (χ2v) is 7.02. The van der Waals surface area contributed by atoms with Crippen LogP contribution in [-0.2, 0) is 23.1 Å². The lowest BCUT2D eigenvalue weighted by Crippen LogP contribution is -2.11. The van der Waals surface area contributed by atoms with Crippen molar-refractivity contribution < 1.29 is 8.42 Å². The third kappa shape index (κ3) is 4.21. The van der Waals surface area contributed by atoms with Crippen LogP contribution in [0.1, 0.15) is 11.1 Å². The average molecular weight is 342 g/mol. The van der Waals surface area contributed by atoms with Crippen molar-refractivity contribution in [1.29, 1.82) is 0 Å². The van der Waals surface area contributed by atoms with Gasteiger partial charge in [-0.15, -0.1) is 0 Å². The highest BCUT2D eigenvalue weighted by molar-refractivity contribution is 7.89. The van der Waals surface area contributed by atoms with Crippen LogP contribution in [0.2, 0.25) is 0 Å². The minimum absolute atomic E-state index is 0.101. The molecule has 7 heteroatoms. The maximum absolute atomic E-state index is 11.2. The number of rotatable bonds is 6. The molecule has 0 saturated heterocycles. The van der Waals surface area contributed by atoms with Gasteiger partial charge in [0.15, 0.2) is 0 Å². The van der Waals surface area contributed by atoms with Gasteiger partial charge in [0.1, 0.15) is 0 Å². The molecule has 0 spiro atoms. The highest BCUT2D eigenvalue weighted by atomic mass is 32.2. The van der Waals surface area contributed by atoms with Gasteiger partial charge >= 0.3 is 0 Å². The SMILES string of the molecule is NS(=O)(=O)c1ccc(NCc2cnn(Cc3ccccc3)c2)cc1. The molecule has 1 heterocycles. The molecule has 0 aliphatic heterocycles. The van der Waals surface area contributed by atoms with Crippen LogP contribution in [0.25, 0.3) is 0 Å². The quantitative estimate of drug-likeness (QED) is 0.718. The smallest absolute Gasteiger partial charge is 0.238 e. The Bertz CT molecular complexity index is 903. The number of benzene rings is 2. The number of primary sulfonamides is 1. The zero-order valence-electron chi connectivity index (χ0n) is 13.0. The van der Waals surface area contributed by atoms with Crippen LogP contribution >= 0.6 is 0 Å². The van der Waals surface area contributed by atoms with E-state index in [1.807, 2.05) is 35.3 Å². The van der Waals surface area contributed by atoms with Gasteiger partial charge in [-0.05, 0) is 29.8 Å². The number of nitrogens with zero attached hydrogens (tertiary/aromatic N) is 2. The van der Waals surface area contributed by atoms with Crippen LogP contribution < -0.4 is 10.5 Å². The molecule has 6 nitrogen and oxygen atoms in total. The van der Waals surface area contributed by atoms with Crippen molar-refractivity contribution in [2.24, 2.45) is 5.14 Å². The van der Waals surface area contributed by atoms with E-state index in [2.05, 4.69) is 22.5 Å². The zero-order chi connectivity index (χ0) is 17.0. The van der Waals surface area contributed by atoms with Crippen LogP contribution in [0.15, 0.2) is 71.9 Å². The molecule has 0 fully saturated rings. The monoisotopic (exact) mass is 342 g/mol. The molecule has 0 aliphatic carbocycles. The molecule has 0 aliphatic rings. The van der Waals surface area contributed by atoms with E-state index in [0.717, 1.165) is 17.8 Å². The van der Waals surface area contributed by atoms with E-state index in [9.17, 15) is 8.42 Å². The molecule has 0 saturated carbocycles. The van der Waals surface area contributed by atoms with E-state index >= 15 is 0 Å². The van der Waals surface area contributed by atoms with Gasteiger partial charge in [0.2, 0.25) is 10.0 Å². The van der Waals surface area contributed by atoms with E-state index in [4.69, 9.17) is 5.14 Å². The second kappa shape index (κ2) is 6.86. The van der Waals surface area contributed by atoms with Gasteiger partial charge in [0, 0.05) is 24.0 Å². The van der Waals surface area contributed by atoms with Crippen molar-refractivity contribution in [2.75, 3.05) is 5.32 Å². The summed E-state index contributed by atoms with van der Waals surface area (Å²) in [5.41, 5.74) is 3.05. The summed E-state index contributed by atoms with van der Waals surface area (Å²) in [6, 6.07) is 16.5. The first kappa shape index (κ1) is 16.2. The Morgan fingerprint density at radius 3 is 2.38 bits per heavy atom. The Morgan fingerprint density at radius 1 is 1.00 bits per heavy atom. The molecule has 24 heavy (non-hydrogen) atoms. The molecule has 1 aromatic heterocycles. The summed E-state index contributed by atoms with van der Waals surface area (Å²) in [5, 5.41) is 12.7. The molecule has 0 amide bonds. The van der Waals surface area contributed by atoms with Gasteiger partial charge < -0.3 is 5.32 Å². The molecule has 0 bridgehead atoms. The lowest BCUT2D eigenvalue weighted by atomic mass is 10.2. The van der Waals surface area contributed by atoms with Crippen molar-refractivity contribution in [3.05, 3.63) is 78.1 Å². The summed E-state index contributed by atoms with van der Waals surface area (Å²) in [6.45, 7) is 1.33. The van der Waals surface area contributed by atoms with E-state index in [1.165, 1.54) is 17.7 Å². The van der Waals surface area contributed by atoms with Crippen LogP contribution in [0, 0.1) is 0 Å². The number of hydrogen-bond acceptors (Lipinski definition) is 4. The third-order valence-electron chi connectivity index (χ3n) is 3.55. The maximum atomic E-state index is 11.2. The minimum atomic E-state index is -3.65. The molecule has 3 N–H and O–H groups in total. The lowest BCUT2D eigenvalue weighted by molar-refractivity contribution is 0.598. The topological polar surface area (TPSA) is 90.0 Å². The number of nitrogens with one attached hydrogen (secondary N) is 1. The Kier molecular flexibility index (Phi) is 4.64. The molecule has 124 valence electrons. The second-order valence-electron chi connectivity index (χ2n) is 5.45. The molecule has 0 atom stereocenters. The number of anilines is 1. The number of hydrogen-bond donors (Lipinski definition) is 2. The van der Waals surface area contributed by atoms with Crippen LogP contribution in [0.5, 0.6) is 0 Å². The van der Waals surface area contributed by atoms with Gasteiger partial charge in [-0.1, -0.05) is 30.3 Å². The predicted molar refractivity (Wildman–Crippen MR) is 92.9 cm³/mol. The summed E-state index contributed by atoms with van der Waals surface area (Å²) < 4.78 is 24.3. The van der Waals surface area contributed by atoms with Gasteiger partial charge in [-0.25, -0.2) is 13.6 Å². The first-order valence-electron chi connectivity index (χ1n) is 7.43. The van der Waals surface area contributed by atoms with Gasteiger partial charge in [0.25, 0.3) is 0 Å². The Morgan fingerprint density at radius 2 is 1.71 bits per heavy atom. The van der Waals surface area contributed by atoms with Gasteiger partial charge in [0.05, 0.1) is 17.6 Å². The first-order valence-corrected chi connectivity index (χ1v) is 8.97. The van der Waals surface area contributed by atoms with Crippen molar-refractivity contribution >= 4 is 15.7 Å². The maximum Gasteiger partial charge on any atom is 0.238 e. The summed E-state index contributed by atoms with van der Waals surface area (Å²) in [5.74, 6) is 0. The normalized spacial score (nSPS) is 11.4. The Hall–Kier alpha value is -2.64. The van der Waals surface area contributed by atoms with Crippen LogP contribution in [0.3, 0.4) is 0 Å². The summed E-state index contributed by atoms with van der Waals surface area (Å²) in [7, 11) is -3.65. The van der Waals surface area contributed by atoms with Crippen molar-refractivity contribution in [3.8, 4) is 0 Å². The van der Waals surface area contributed by atoms with Gasteiger partial charge in [-0.2, -0.15) is 5.10 Å². The van der Waals surface area contributed by atoms with E-state index in [0.29, 0.717) is 6.54 Å². The summed E-state index contributed by atoms with van der Waals surface area (Å²) in [6.07, 6.45) is 3.80. The first-order chi connectivity index (χ1) is 11.5. The molecule has 0 unspecified atom stereocenters. The number of sulfonamides is 1. The summed E-state index contributed by atoms with van der Waals surface area (Å²) >= 11 is 0. The Balaban J connectivity index is 1.59. The van der Waals surface area contributed by atoms with Gasteiger partial charge in [-0.3, -0.25) is 4.68 Å². The largest absolute Gasteiger partial charge is 0.381 e. The highest BCUT2D eigenvalue weighted by Crippen LogP contribution is 2.14. The molecule has 3 rings (SSSR count). The molecule has 0 radical (unpaired) electrons. The summed E-state index contributed by atoms with van der Waals surface area (Å²) in [4.78, 5) is 0.101. The highest BCUT2D eigenvalue weighted by Gasteiger charge is 2.06. The number of aromatic nitrogens is 2. The van der Waals surface area contributed by atoms with Crippen LogP contribution in [-0.4, -0.2) is 18.2 Å². The van der Waals surface area contributed by atoms with E-state index in [-0.39, 0.29) is 4.90 Å². The zero-order valence-corrected chi connectivity index (χ0v) is 13.8. The standard InChI is InChI=1S/C17H18N4O2S/c18-24(22,23)17-8-6-16(7-9-17)19-10-15-11-20-21(13-15)12-14-4-2-1-3-5-14/h1-9,11,13,19H,10,12H2,(H2,18,22,23). The van der Waals surface area contributed by atoms with Crippen molar-refractivity contribution in [3.63, 3.8) is 0 Å². The molecular weight excluding hydrogens is 324 g/mol. The average Bonchev–Trinajstić information content (AvgIpc) is 3.01. The number of nitrogens with two attached hydrogens (primary N) is 1. The fraction of sp³-hybridized carbons (Fsp3) is 0.118. The van der Waals surface area contributed by atoms with Crippen LogP contribution in [0.4, 0.5) is 5.69 Å². The predicted octanol–water partition coefficient (Wildman–Crippen LogP) is 2.19. The Labute approximate surface area is 141 Å². The minimum Gasteiger partial charge on any atom is -0.381 e. The lowest BCUT2D eigenvalue weighted by Gasteiger charge is -2.05. The third-order valence-corrected chi connectivity index (χ3v) is 4.48. The van der Waals surface area contributed by atoms with Crippen molar-refractivity contribution in [2.45, 2.75) is 18.0 Å². The van der Waals surface area contributed by atoms with Crippen molar-refractivity contribution in [1.82, 2.24) is 9.78 Å². The fourth-order valence-electron chi connectivity index (χ4n) is 2.32. The molecule has 2 aromatic carbocycles. The molecular formula is C17H18N4O2S. The fourth-order valence-corrected chi connectivity index (χ4v) is 2.84. The van der Waals surface area contributed by atoms with E-state index in [1.54, 1.807) is 12.1 Å². The van der Waals surface area contributed by atoms with E-state index < -0.39 is 10.0 Å².